The highest BCUT2D eigenvalue weighted by molar-refractivity contribution is 7.00. The molecule has 4 atom stereocenters. The lowest BCUT2D eigenvalue weighted by Gasteiger charge is -2.45. The Morgan fingerprint density at radius 3 is 1.77 bits per heavy atom. The van der Waals surface area contributed by atoms with Crippen molar-refractivity contribution in [3.63, 3.8) is 0 Å². The number of fused-ring (bicyclic) bond motifs is 7. The summed E-state index contributed by atoms with van der Waals surface area (Å²) < 4.78 is 0. The van der Waals surface area contributed by atoms with Gasteiger partial charge in [-0.1, -0.05) is 99.1 Å². The Morgan fingerprint density at radius 1 is 0.558 bits per heavy atom. The van der Waals surface area contributed by atoms with E-state index in [0.29, 0.717) is 12.0 Å². The summed E-state index contributed by atoms with van der Waals surface area (Å²) in [7, 11) is 0. The van der Waals surface area contributed by atoms with Gasteiger partial charge in [0.1, 0.15) is 0 Å². The molecule has 0 radical (unpaired) electrons. The maximum absolute atomic E-state index is 2.62. The predicted octanol–water partition coefficient (Wildman–Crippen LogP) is 10.5. The zero-order chi connectivity index (χ0) is 34.7. The molecule has 4 unspecified atom stereocenters. The van der Waals surface area contributed by atoms with E-state index in [1.165, 1.54) is 98.7 Å². The highest BCUT2D eigenvalue weighted by Crippen LogP contribution is 2.56. The van der Waals surface area contributed by atoms with Crippen LogP contribution in [0.4, 0.5) is 45.5 Å². The fraction of sp³-hybridized carbons (Fsp3) is 0.250. The van der Waals surface area contributed by atoms with Gasteiger partial charge in [0.15, 0.2) is 0 Å². The van der Waals surface area contributed by atoms with Gasteiger partial charge >= 0.3 is 0 Å². The second-order valence-electron chi connectivity index (χ2n) is 16.6. The van der Waals surface area contributed by atoms with Crippen molar-refractivity contribution in [1.29, 1.82) is 0 Å². The molecule has 2 fully saturated rings. The smallest absolute Gasteiger partial charge is 0.252 e. The average molecular weight is 674 g/mol. The highest BCUT2D eigenvalue weighted by Gasteiger charge is 2.49. The molecule has 11 rings (SSSR count). The van der Waals surface area contributed by atoms with Crippen LogP contribution in [0.2, 0.25) is 0 Å². The van der Waals surface area contributed by atoms with Crippen LogP contribution in [0.1, 0.15) is 63.5 Å². The molecule has 6 aromatic rings. The molecule has 0 amide bonds. The standard InChI is InChI=1S/C48H44BN3/c1-31-48(2,3)39-29-41-44(30-43(39)50(31)35-15-7-4-8-16-35)52(37-19-11-6-12-20-37)46-28-34(38-26-32-23-24-33(38)25-32)27-45-47(46)49(41)40-21-13-14-22-42(40)51(45)36-17-9-5-10-18-36/h4-22,27-33,38H,23-26H2,1-3H3. The van der Waals surface area contributed by atoms with Crippen LogP contribution >= 0.6 is 0 Å². The Balaban J connectivity index is 1.24. The molecule has 0 spiro atoms. The first-order chi connectivity index (χ1) is 25.5. The molecule has 4 heteroatoms. The van der Waals surface area contributed by atoms with Crippen LogP contribution in [0.15, 0.2) is 140 Å². The summed E-state index contributed by atoms with van der Waals surface area (Å²) in [6.07, 6.45) is 5.50. The van der Waals surface area contributed by atoms with E-state index in [1.807, 2.05) is 0 Å². The minimum absolute atomic E-state index is 0.0448. The molecular formula is C48H44BN3. The first-order valence-corrected chi connectivity index (χ1v) is 19.5. The second-order valence-corrected chi connectivity index (χ2v) is 16.6. The minimum Gasteiger partial charge on any atom is -0.337 e. The third-order valence-corrected chi connectivity index (χ3v) is 13.7. The first kappa shape index (κ1) is 30.4. The summed E-state index contributed by atoms with van der Waals surface area (Å²) in [5.74, 6) is 2.28. The maximum Gasteiger partial charge on any atom is 0.252 e. The van der Waals surface area contributed by atoms with Crippen molar-refractivity contribution in [3.05, 3.63) is 151 Å². The number of para-hydroxylation sites is 4. The number of benzene rings is 6. The number of hydrogen-bond donors (Lipinski definition) is 0. The van der Waals surface area contributed by atoms with Crippen molar-refractivity contribution in [1.82, 2.24) is 0 Å². The largest absolute Gasteiger partial charge is 0.337 e. The molecule has 0 aromatic heterocycles. The quantitative estimate of drug-likeness (QED) is 0.172. The van der Waals surface area contributed by atoms with Gasteiger partial charge in [-0.05, 0) is 132 Å². The summed E-state index contributed by atoms with van der Waals surface area (Å²) in [6, 6.07) is 53.2. The van der Waals surface area contributed by atoms with Gasteiger partial charge in [0.25, 0.3) is 6.71 Å². The molecule has 2 bridgehead atoms. The van der Waals surface area contributed by atoms with E-state index in [4.69, 9.17) is 0 Å². The number of rotatable bonds is 4. The zero-order valence-corrected chi connectivity index (χ0v) is 30.3. The third-order valence-electron chi connectivity index (χ3n) is 13.7. The van der Waals surface area contributed by atoms with Crippen LogP contribution in [0.3, 0.4) is 0 Å². The Morgan fingerprint density at radius 2 is 1.15 bits per heavy atom. The van der Waals surface area contributed by atoms with E-state index in [-0.39, 0.29) is 12.1 Å². The van der Waals surface area contributed by atoms with E-state index in [9.17, 15) is 0 Å². The molecule has 2 saturated carbocycles. The lowest BCUT2D eigenvalue weighted by molar-refractivity contribution is 0.420. The normalized spacial score (nSPS) is 23.0. The molecule has 3 aliphatic heterocycles. The monoisotopic (exact) mass is 673 g/mol. The summed E-state index contributed by atoms with van der Waals surface area (Å²) in [4.78, 5) is 7.79. The maximum atomic E-state index is 2.62. The molecule has 3 nitrogen and oxygen atoms in total. The van der Waals surface area contributed by atoms with Crippen LogP contribution in [-0.2, 0) is 5.41 Å². The zero-order valence-electron chi connectivity index (χ0n) is 30.3. The van der Waals surface area contributed by atoms with Gasteiger partial charge in [0.2, 0.25) is 0 Å². The van der Waals surface area contributed by atoms with Crippen molar-refractivity contribution in [2.45, 2.75) is 63.8 Å². The van der Waals surface area contributed by atoms with Gasteiger partial charge in [0.05, 0.1) is 0 Å². The molecule has 6 aromatic carbocycles. The summed E-state index contributed by atoms with van der Waals surface area (Å²) in [5.41, 5.74) is 17.4. The van der Waals surface area contributed by atoms with Gasteiger partial charge < -0.3 is 14.7 Å². The predicted molar refractivity (Wildman–Crippen MR) is 220 cm³/mol. The van der Waals surface area contributed by atoms with E-state index in [2.05, 4.69) is 175 Å². The summed E-state index contributed by atoms with van der Waals surface area (Å²) >= 11 is 0. The molecule has 3 heterocycles. The fourth-order valence-corrected chi connectivity index (χ4v) is 11.0. The molecular weight excluding hydrogens is 629 g/mol. The molecule has 52 heavy (non-hydrogen) atoms. The van der Waals surface area contributed by atoms with Crippen LogP contribution in [0.5, 0.6) is 0 Å². The van der Waals surface area contributed by atoms with E-state index < -0.39 is 0 Å². The van der Waals surface area contributed by atoms with Gasteiger partial charge in [0, 0.05) is 57.0 Å². The fourth-order valence-electron chi connectivity index (χ4n) is 11.0. The van der Waals surface area contributed by atoms with Crippen molar-refractivity contribution in [3.8, 4) is 0 Å². The van der Waals surface area contributed by atoms with Crippen LogP contribution in [-0.4, -0.2) is 12.8 Å². The minimum atomic E-state index is -0.0448. The Kier molecular flexibility index (Phi) is 6.52. The Labute approximate surface area is 308 Å². The van der Waals surface area contributed by atoms with Gasteiger partial charge in [-0.15, -0.1) is 0 Å². The van der Waals surface area contributed by atoms with Crippen molar-refractivity contribution in [2.75, 3.05) is 14.7 Å². The van der Waals surface area contributed by atoms with E-state index in [1.54, 1.807) is 0 Å². The first-order valence-electron chi connectivity index (χ1n) is 19.5. The van der Waals surface area contributed by atoms with Crippen molar-refractivity contribution >= 4 is 68.6 Å². The lowest BCUT2D eigenvalue weighted by Crippen LogP contribution is -2.61. The van der Waals surface area contributed by atoms with Gasteiger partial charge in [-0.2, -0.15) is 0 Å². The van der Waals surface area contributed by atoms with Crippen LogP contribution in [0, 0.1) is 11.8 Å². The molecule has 5 aliphatic rings. The van der Waals surface area contributed by atoms with Gasteiger partial charge in [-0.3, -0.25) is 0 Å². The van der Waals surface area contributed by atoms with Crippen LogP contribution in [0.25, 0.3) is 0 Å². The molecule has 254 valence electrons. The van der Waals surface area contributed by atoms with Crippen LogP contribution < -0.4 is 31.1 Å². The lowest BCUT2D eigenvalue weighted by atomic mass is 9.33. The average Bonchev–Trinajstić information content (AvgIpc) is 3.87. The van der Waals surface area contributed by atoms with Crippen molar-refractivity contribution in [2.24, 2.45) is 11.8 Å². The van der Waals surface area contributed by atoms with E-state index in [0.717, 1.165) is 11.8 Å². The van der Waals surface area contributed by atoms with E-state index >= 15 is 0 Å². The third kappa shape index (κ3) is 4.21. The Bertz CT molecular complexity index is 2350. The van der Waals surface area contributed by atoms with Crippen molar-refractivity contribution < 1.29 is 0 Å². The topological polar surface area (TPSA) is 9.72 Å². The molecule has 0 saturated heterocycles. The Hall–Kier alpha value is -5.22. The van der Waals surface area contributed by atoms with Gasteiger partial charge in [-0.25, -0.2) is 0 Å². The summed E-state index contributed by atoms with van der Waals surface area (Å²) in [6.45, 7) is 7.41. The number of anilines is 8. The number of nitrogens with zero attached hydrogens (tertiary/aromatic N) is 3. The summed E-state index contributed by atoms with van der Waals surface area (Å²) in [5, 5.41) is 0. The molecule has 0 N–H and O–H groups in total. The molecule has 2 aliphatic carbocycles. The number of hydrogen-bond acceptors (Lipinski definition) is 3. The highest BCUT2D eigenvalue weighted by atomic mass is 15.2. The second kappa shape index (κ2) is 11.1. The SMILES string of the molecule is CC1N(c2ccccc2)c2cc3c(cc2C1(C)C)B1c2ccccc2N(c2ccccc2)c2cc(C4CC5CCC4C5)cc(c21)N3c1ccccc1.